The molecule has 0 amide bonds. The number of carbonyl (C=O) groups is 1. The largest absolute Gasteiger partial charge is 0.487 e. The van der Waals surface area contributed by atoms with Gasteiger partial charge in [-0.3, -0.25) is 0 Å². The van der Waals surface area contributed by atoms with E-state index in [0.717, 1.165) is 0 Å². The summed E-state index contributed by atoms with van der Waals surface area (Å²) in [5.74, 6) is -1.11. The second-order valence-corrected chi connectivity index (χ2v) is 2.43. The lowest BCUT2D eigenvalue weighted by Gasteiger charge is -2.08. The van der Waals surface area contributed by atoms with Gasteiger partial charge in [0, 0.05) is 6.61 Å². The van der Waals surface area contributed by atoms with Crippen LogP contribution in [-0.2, 0) is 14.3 Å². The maximum absolute atomic E-state index is 10.6. The zero-order valence-corrected chi connectivity index (χ0v) is 8.24. The van der Waals surface area contributed by atoms with Crippen molar-refractivity contribution in [1.29, 1.82) is 0 Å². The Balaban J connectivity index is 4.24. The third kappa shape index (κ3) is 5.25. The molecule has 76 valence electrons. The van der Waals surface area contributed by atoms with Crippen LogP contribution < -0.4 is 0 Å². The number of rotatable bonds is 6. The smallest absolute Gasteiger partial charge is 0.370 e. The van der Waals surface area contributed by atoms with Crippen molar-refractivity contribution in [2.24, 2.45) is 0 Å². The fourth-order valence-corrected chi connectivity index (χ4v) is 0.861. The molecule has 0 aromatic carbocycles. The van der Waals surface area contributed by atoms with Crippen LogP contribution in [0.25, 0.3) is 0 Å². The van der Waals surface area contributed by atoms with Gasteiger partial charge < -0.3 is 14.6 Å². The average molecular weight is 188 g/mol. The van der Waals surface area contributed by atoms with Crippen LogP contribution >= 0.6 is 0 Å². The van der Waals surface area contributed by atoms with E-state index in [9.17, 15) is 4.79 Å². The Kier molecular flexibility index (Phi) is 5.97. The van der Waals surface area contributed by atoms with Crippen LogP contribution in [0.2, 0.25) is 0 Å². The van der Waals surface area contributed by atoms with Crippen molar-refractivity contribution < 1.29 is 19.4 Å². The summed E-state index contributed by atoms with van der Waals surface area (Å²) in [6, 6.07) is 0. The van der Waals surface area contributed by atoms with Gasteiger partial charge in [-0.15, -0.1) is 0 Å². The minimum atomic E-state index is -1.06. The SMILES string of the molecule is CCOC(=CC(C)OCC)C(=O)O. The topological polar surface area (TPSA) is 55.8 Å². The van der Waals surface area contributed by atoms with E-state index in [0.29, 0.717) is 13.2 Å². The van der Waals surface area contributed by atoms with Gasteiger partial charge in [0.1, 0.15) is 0 Å². The second kappa shape index (κ2) is 6.48. The molecular formula is C9H16O4. The van der Waals surface area contributed by atoms with Crippen molar-refractivity contribution in [2.75, 3.05) is 13.2 Å². The van der Waals surface area contributed by atoms with Gasteiger partial charge >= 0.3 is 5.97 Å². The van der Waals surface area contributed by atoms with E-state index < -0.39 is 5.97 Å². The molecule has 0 radical (unpaired) electrons. The molecule has 4 nitrogen and oxygen atoms in total. The molecule has 0 saturated carbocycles. The summed E-state index contributed by atoms with van der Waals surface area (Å²) in [4.78, 5) is 10.6. The Hall–Kier alpha value is -1.03. The minimum absolute atomic E-state index is 0.0524. The zero-order chi connectivity index (χ0) is 10.3. The van der Waals surface area contributed by atoms with Gasteiger partial charge in [0.25, 0.3) is 0 Å². The second-order valence-electron chi connectivity index (χ2n) is 2.43. The van der Waals surface area contributed by atoms with Gasteiger partial charge in [0.15, 0.2) is 0 Å². The Morgan fingerprint density at radius 3 is 2.46 bits per heavy atom. The van der Waals surface area contributed by atoms with Gasteiger partial charge in [0.05, 0.1) is 12.7 Å². The molecule has 4 heteroatoms. The van der Waals surface area contributed by atoms with E-state index in [-0.39, 0.29) is 11.9 Å². The number of hydrogen-bond donors (Lipinski definition) is 1. The van der Waals surface area contributed by atoms with Crippen molar-refractivity contribution in [1.82, 2.24) is 0 Å². The molecule has 0 aliphatic rings. The number of carboxylic acids is 1. The summed E-state index contributed by atoms with van der Waals surface area (Å²) in [5, 5.41) is 8.67. The Morgan fingerprint density at radius 2 is 2.08 bits per heavy atom. The zero-order valence-electron chi connectivity index (χ0n) is 8.24. The Labute approximate surface area is 78.2 Å². The lowest BCUT2D eigenvalue weighted by Crippen LogP contribution is -2.11. The third-order valence-electron chi connectivity index (χ3n) is 1.33. The Bertz CT molecular complexity index is 186. The van der Waals surface area contributed by atoms with Crippen molar-refractivity contribution >= 4 is 5.97 Å². The summed E-state index contributed by atoms with van der Waals surface area (Å²) in [7, 11) is 0. The highest BCUT2D eigenvalue weighted by Gasteiger charge is 2.09. The first-order valence-electron chi connectivity index (χ1n) is 4.31. The molecule has 0 heterocycles. The van der Waals surface area contributed by atoms with Crippen LogP contribution in [0.4, 0.5) is 0 Å². The lowest BCUT2D eigenvalue weighted by molar-refractivity contribution is -0.136. The van der Waals surface area contributed by atoms with Gasteiger partial charge in [-0.2, -0.15) is 0 Å². The third-order valence-corrected chi connectivity index (χ3v) is 1.33. The van der Waals surface area contributed by atoms with Gasteiger partial charge in [-0.05, 0) is 26.8 Å². The molecule has 0 aromatic rings. The van der Waals surface area contributed by atoms with E-state index in [1.807, 2.05) is 6.92 Å². The summed E-state index contributed by atoms with van der Waals surface area (Å²) < 4.78 is 10.1. The first-order valence-corrected chi connectivity index (χ1v) is 4.31. The summed E-state index contributed by atoms with van der Waals surface area (Å²) in [6.07, 6.45) is 1.22. The molecule has 0 saturated heterocycles. The molecule has 0 rings (SSSR count). The molecule has 1 atom stereocenters. The molecular weight excluding hydrogens is 172 g/mol. The average Bonchev–Trinajstić information content (AvgIpc) is 2.04. The summed E-state index contributed by atoms with van der Waals surface area (Å²) in [5.41, 5.74) is 0. The molecule has 0 aromatic heterocycles. The molecule has 0 fully saturated rings. The fourth-order valence-electron chi connectivity index (χ4n) is 0.861. The summed E-state index contributed by atoms with van der Waals surface area (Å²) in [6.45, 7) is 6.26. The first kappa shape index (κ1) is 12.0. The Morgan fingerprint density at radius 1 is 1.46 bits per heavy atom. The lowest BCUT2D eigenvalue weighted by atomic mass is 10.3. The highest BCUT2D eigenvalue weighted by atomic mass is 16.5. The highest BCUT2D eigenvalue weighted by molar-refractivity contribution is 5.84. The van der Waals surface area contributed by atoms with E-state index in [2.05, 4.69) is 0 Å². The van der Waals surface area contributed by atoms with E-state index in [1.54, 1.807) is 13.8 Å². The molecule has 0 spiro atoms. The van der Waals surface area contributed by atoms with Crippen molar-refractivity contribution in [3.05, 3.63) is 11.8 Å². The maximum Gasteiger partial charge on any atom is 0.370 e. The van der Waals surface area contributed by atoms with Crippen LogP contribution in [0.15, 0.2) is 11.8 Å². The molecule has 1 unspecified atom stereocenters. The van der Waals surface area contributed by atoms with E-state index >= 15 is 0 Å². The van der Waals surface area contributed by atoms with E-state index in [1.165, 1.54) is 6.08 Å². The van der Waals surface area contributed by atoms with Crippen LogP contribution in [-0.4, -0.2) is 30.4 Å². The van der Waals surface area contributed by atoms with Crippen LogP contribution in [0.5, 0.6) is 0 Å². The monoisotopic (exact) mass is 188 g/mol. The van der Waals surface area contributed by atoms with E-state index in [4.69, 9.17) is 14.6 Å². The predicted octanol–water partition coefficient (Wildman–Crippen LogP) is 1.42. The molecule has 1 N–H and O–H groups in total. The normalized spacial score (nSPS) is 13.9. The van der Waals surface area contributed by atoms with Crippen molar-refractivity contribution in [3.8, 4) is 0 Å². The molecule has 0 bridgehead atoms. The van der Waals surface area contributed by atoms with Gasteiger partial charge in [-0.25, -0.2) is 4.79 Å². The number of hydrogen-bond acceptors (Lipinski definition) is 3. The molecule has 0 aliphatic carbocycles. The van der Waals surface area contributed by atoms with Gasteiger partial charge in [-0.1, -0.05) is 0 Å². The van der Waals surface area contributed by atoms with Crippen LogP contribution in [0, 0.1) is 0 Å². The minimum Gasteiger partial charge on any atom is -0.487 e. The highest BCUT2D eigenvalue weighted by Crippen LogP contribution is 2.02. The number of aliphatic carboxylic acids is 1. The molecule has 0 aliphatic heterocycles. The van der Waals surface area contributed by atoms with Crippen LogP contribution in [0.1, 0.15) is 20.8 Å². The quantitative estimate of drug-likeness (QED) is 0.506. The van der Waals surface area contributed by atoms with Crippen molar-refractivity contribution in [2.45, 2.75) is 26.9 Å². The summed E-state index contributed by atoms with van der Waals surface area (Å²) >= 11 is 0. The van der Waals surface area contributed by atoms with Crippen molar-refractivity contribution in [3.63, 3.8) is 0 Å². The maximum atomic E-state index is 10.6. The molecule has 13 heavy (non-hydrogen) atoms. The number of ether oxygens (including phenoxy) is 2. The first-order chi connectivity index (χ1) is 6.11. The van der Waals surface area contributed by atoms with Gasteiger partial charge in [0.2, 0.25) is 5.76 Å². The standard InChI is InChI=1S/C9H16O4/c1-4-12-7(3)6-8(9(10)11)13-5-2/h6-7H,4-5H2,1-3H3,(H,10,11). The fraction of sp³-hybridized carbons (Fsp3) is 0.667. The number of carboxylic acid groups (broad SMARTS) is 1. The predicted molar refractivity (Wildman–Crippen MR) is 48.4 cm³/mol. The van der Waals surface area contributed by atoms with Crippen LogP contribution in [0.3, 0.4) is 0 Å².